The molecule has 2 amide bonds. The average Bonchev–Trinajstić information content (AvgIpc) is 3.02. The number of anilines is 1. The van der Waals surface area contributed by atoms with Gasteiger partial charge in [-0.1, -0.05) is 51.1 Å². The second kappa shape index (κ2) is 15.3. The molecule has 232 valence electrons. The highest BCUT2D eigenvalue weighted by molar-refractivity contribution is 7.92. The standard InChI is InChI=1S/C32H41N3O7S/c1-7-28(32(37)33-20-23(2)3)34(21-24-12-11-13-25(18-24)40-4)31(36)22-35(43(38,39)27-14-9-8-10-15-27)29-19-26(41-5)16-17-30(29)42-6/h8-19,23,28H,7,20-22H2,1-6H3,(H,33,37)/t28-/m1/s1. The molecule has 1 N–H and O–H groups in total. The van der Waals surface area contributed by atoms with E-state index in [-0.39, 0.29) is 34.7 Å². The van der Waals surface area contributed by atoms with Gasteiger partial charge in [0.1, 0.15) is 29.8 Å². The van der Waals surface area contributed by atoms with Crippen molar-refractivity contribution in [2.75, 3.05) is 38.7 Å². The fourth-order valence-corrected chi connectivity index (χ4v) is 5.97. The second-order valence-electron chi connectivity index (χ2n) is 10.3. The maximum absolute atomic E-state index is 14.3. The van der Waals surface area contributed by atoms with Crippen LogP contribution in [0.25, 0.3) is 0 Å². The molecular formula is C32H41N3O7S. The Balaban J connectivity index is 2.13. The van der Waals surface area contributed by atoms with Crippen LogP contribution in [0.5, 0.6) is 17.2 Å². The fourth-order valence-electron chi connectivity index (χ4n) is 4.53. The molecule has 3 rings (SSSR count). The Morgan fingerprint density at radius 1 is 0.860 bits per heavy atom. The monoisotopic (exact) mass is 611 g/mol. The van der Waals surface area contributed by atoms with Gasteiger partial charge in [0.2, 0.25) is 11.8 Å². The highest BCUT2D eigenvalue weighted by Gasteiger charge is 2.35. The molecule has 10 nitrogen and oxygen atoms in total. The molecule has 43 heavy (non-hydrogen) atoms. The number of rotatable bonds is 15. The molecule has 3 aromatic rings. The highest BCUT2D eigenvalue weighted by Crippen LogP contribution is 2.36. The van der Waals surface area contributed by atoms with Crippen LogP contribution < -0.4 is 23.8 Å². The summed E-state index contributed by atoms with van der Waals surface area (Å²) in [5.41, 5.74) is 0.844. The molecule has 0 heterocycles. The maximum Gasteiger partial charge on any atom is 0.264 e. The molecule has 0 aliphatic carbocycles. The van der Waals surface area contributed by atoms with Crippen molar-refractivity contribution in [2.45, 2.75) is 44.7 Å². The Morgan fingerprint density at radius 3 is 2.14 bits per heavy atom. The van der Waals surface area contributed by atoms with Crippen LogP contribution >= 0.6 is 0 Å². The zero-order valence-corrected chi connectivity index (χ0v) is 26.4. The van der Waals surface area contributed by atoms with Crippen molar-refractivity contribution in [2.24, 2.45) is 5.92 Å². The van der Waals surface area contributed by atoms with E-state index in [0.717, 1.165) is 9.87 Å². The maximum atomic E-state index is 14.3. The number of hydrogen-bond acceptors (Lipinski definition) is 7. The largest absolute Gasteiger partial charge is 0.497 e. The fraction of sp³-hybridized carbons (Fsp3) is 0.375. The third-order valence-corrected chi connectivity index (χ3v) is 8.60. The van der Waals surface area contributed by atoms with Crippen molar-refractivity contribution in [3.05, 3.63) is 78.4 Å². The third kappa shape index (κ3) is 8.41. The molecule has 0 saturated carbocycles. The normalized spacial score (nSPS) is 11.9. The van der Waals surface area contributed by atoms with E-state index in [4.69, 9.17) is 14.2 Å². The van der Waals surface area contributed by atoms with Gasteiger partial charge in [-0.3, -0.25) is 13.9 Å². The first-order valence-electron chi connectivity index (χ1n) is 14.1. The first kappa shape index (κ1) is 33.3. The lowest BCUT2D eigenvalue weighted by Crippen LogP contribution is -2.52. The van der Waals surface area contributed by atoms with Crippen LogP contribution in [0.3, 0.4) is 0 Å². The molecule has 3 aromatic carbocycles. The van der Waals surface area contributed by atoms with Gasteiger partial charge in [0.05, 0.1) is 31.9 Å². The van der Waals surface area contributed by atoms with Gasteiger partial charge in [0.25, 0.3) is 10.0 Å². The summed E-state index contributed by atoms with van der Waals surface area (Å²) in [7, 11) is 0.158. The van der Waals surface area contributed by atoms with Crippen molar-refractivity contribution in [1.29, 1.82) is 0 Å². The summed E-state index contributed by atoms with van der Waals surface area (Å²) in [6.07, 6.45) is 0.313. The molecule has 0 radical (unpaired) electrons. The number of ether oxygens (including phenoxy) is 3. The first-order chi connectivity index (χ1) is 20.5. The van der Waals surface area contributed by atoms with Crippen LogP contribution in [0.2, 0.25) is 0 Å². The predicted molar refractivity (Wildman–Crippen MR) is 166 cm³/mol. The Bertz CT molecular complexity index is 1480. The quantitative estimate of drug-likeness (QED) is 0.269. The molecular weight excluding hydrogens is 570 g/mol. The van der Waals surface area contributed by atoms with Crippen molar-refractivity contribution in [3.63, 3.8) is 0 Å². The van der Waals surface area contributed by atoms with Gasteiger partial charge in [0, 0.05) is 19.2 Å². The van der Waals surface area contributed by atoms with Gasteiger partial charge in [-0.15, -0.1) is 0 Å². The highest BCUT2D eigenvalue weighted by atomic mass is 32.2. The summed E-state index contributed by atoms with van der Waals surface area (Å²) < 4.78 is 45.5. The lowest BCUT2D eigenvalue weighted by molar-refractivity contribution is -0.140. The number of amides is 2. The minimum absolute atomic E-state index is 0.00580. The van der Waals surface area contributed by atoms with Crippen LogP contribution in [0.4, 0.5) is 5.69 Å². The first-order valence-corrected chi connectivity index (χ1v) is 15.5. The van der Waals surface area contributed by atoms with Crippen LogP contribution in [-0.4, -0.2) is 65.6 Å². The van der Waals surface area contributed by atoms with E-state index in [0.29, 0.717) is 24.5 Å². The zero-order valence-electron chi connectivity index (χ0n) is 25.6. The Hall–Kier alpha value is -4.25. The Labute approximate surface area is 254 Å². The van der Waals surface area contributed by atoms with E-state index < -0.39 is 28.5 Å². The van der Waals surface area contributed by atoms with Crippen LogP contribution in [-0.2, 0) is 26.2 Å². The molecule has 1 atom stereocenters. The van der Waals surface area contributed by atoms with Crippen molar-refractivity contribution in [1.82, 2.24) is 10.2 Å². The number of nitrogens with one attached hydrogen (secondary N) is 1. The van der Waals surface area contributed by atoms with Crippen LogP contribution in [0.15, 0.2) is 77.7 Å². The molecule has 0 bridgehead atoms. The predicted octanol–water partition coefficient (Wildman–Crippen LogP) is 4.49. The molecule has 0 saturated heterocycles. The van der Waals surface area contributed by atoms with E-state index >= 15 is 0 Å². The zero-order chi connectivity index (χ0) is 31.6. The van der Waals surface area contributed by atoms with Gasteiger partial charge in [-0.2, -0.15) is 0 Å². The number of sulfonamides is 1. The molecule has 0 aromatic heterocycles. The smallest absolute Gasteiger partial charge is 0.264 e. The van der Waals surface area contributed by atoms with Crippen molar-refractivity contribution in [3.8, 4) is 17.2 Å². The van der Waals surface area contributed by atoms with E-state index in [1.54, 1.807) is 55.6 Å². The van der Waals surface area contributed by atoms with E-state index in [1.807, 2.05) is 26.8 Å². The van der Waals surface area contributed by atoms with Crippen LogP contribution in [0, 0.1) is 5.92 Å². The number of carbonyl (C=O) groups excluding carboxylic acids is 2. The van der Waals surface area contributed by atoms with Gasteiger partial charge >= 0.3 is 0 Å². The molecule has 0 spiro atoms. The summed E-state index contributed by atoms with van der Waals surface area (Å²) in [6.45, 7) is 5.67. The van der Waals surface area contributed by atoms with Gasteiger partial charge in [-0.05, 0) is 54.3 Å². The molecule has 0 unspecified atom stereocenters. The minimum Gasteiger partial charge on any atom is -0.497 e. The number of benzene rings is 3. The number of carbonyl (C=O) groups is 2. The van der Waals surface area contributed by atoms with Crippen molar-refractivity contribution >= 4 is 27.5 Å². The minimum atomic E-state index is -4.27. The van der Waals surface area contributed by atoms with E-state index in [9.17, 15) is 18.0 Å². The molecule has 0 aliphatic heterocycles. The second-order valence-corrected chi connectivity index (χ2v) is 12.2. The molecule has 0 fully saturated rings. The number of nitrogens with zero attached hydrogens (tertiary/aromatic N) is 2. The van der Waals surface area contributed by atoms with Gasteiger partial charge < -0.3 is 24.4 Å². The Morgan fingerprint density at radius 2 is 1.53 bits per heavy atom. The molecule has 11 heteroatoms. The summed E-state index contributed by atoms with van der Waals surface area (Å²) in [5, 5.41) is 2.93. The Kier molecular flexibility index (Phi) is 11.8. The SMILES string of the molecule is CC[C@H](C(=O)NCC(C)C)N(Cc1cccc(OC)c1)C(=O)CN(c1cc(OC)ccc1OC)S(=O)(=O)c1ccccc1. The summed E-state index contributed by atoms with van der Waals surface area (Å²) in [5.74, 6) is 0.522. The number of methoxy groups -OCH3 is 3. The summed E-state index contributed by atoms with van der Waals surface area (Å²) in [4.78, 5) is 29.1. The third-order valence-electron chi connectivity index (χ3n) is 6.82. The van der Waals surface area contributed by atoms with Gasteiger partial charge in [0.15, 0.2) is 0 Å². The molecule has 0 aliphatic rings. The summed E-state index contributed by atoms with van der Waals surface area (Å²) >= 11 is 0. The van der Waals surface area contributed by atoms with E-state index in [1.165, 1.54) is 37.3 Å². The van der Waals surface area contributed by atoms with Crippen molar-refractivity contribution < 1.29 is 32.2 Å². The van der Waals surface area contributed by atoms with Gasteiger partial charge in [-0.25, -0.2) is 8.42 Å². The van der Waals surface area contributed by atoms with Crippen LogP contribution in [0.1, 0.15) is 32.8 Å². The lowest BCUT2D eigenvalue weighted by atomic mass is 10.1. The number of hydrogen-bond donors (Lipinski definition) is 1. The van der Waals surface area contributed by atoms with E-state index in [2.05, 4.69) is 5.32 Å². The topological polar surface area (TPSA) is 114 Å². The summed E-state index contributed by atoms with van der Waals surface area (Å²) in [6, 6.07) is 18.9. The lowest BCUT2D eigenvalue weighted by Gasteiger charge is -2.33. The average molecular weight is 612 g/mol.